The van der Waals surface area contributed by atoms with E-state index in [1.54, 1.807) is 22.8 Å². The molecular formula is C27H22N4O3. The summed E-state index contributed by atoms with van der Waals surface area (Å²) in [7, 11) is 0. The number of benzene rings is 3. The number of fused-ring (bicyclic) bond motifs is 3. The van der Waals surface area contributed by atoms with Gasteiger partial charge >= 0.3 is 0 Å². The zero-order chi connectivity index (χ0) is 23.2. The van der Waals surface area contributed by atoms with Crippen LogP contribution in [-0.2, 0) is 17.6 Å². The molecule has 0 saturated heterocycles. The SMILES string of the molecule is O=C1N[C@H](Cc2ccc(O)cc2)c2nc3ccccc3c(=O)n2[C@H]1Cc1c[nH]c2ccccc12. The van der Waals surface area contributed by atoms with E-state index in [4.69, 9.17) is 4.98 Å². The molecule has 0 fully saturated rings. The molecule has 2 aromatic heterocycles. The monoisotopic (exact) mass is 450 g/mol. The Morgan fingerprint density at radius 1 is 0.882 bits per heavy atom. The predicted molar refractivity (Wildman–Crippen MR) is 130 cm³/mol. The molecular weight excluding hydrogens is 428 g/mol. The Kier molecular flexibility index (Phi) is 4.69. The molecule has 0 spiro atoms. The number of aromatic hydroxyl groups is 1. The molecule has 34 heavy (non-hydrogen) atoms. The standard InChI is InChI=1S/C27H22N4O3/c32-18-11-9-16(10-12-18)13-23-25-29-22-8-4-2-6-20(22)27(34)31(25)24(26(33)30-23)14-17-15-28-21-7-3-1-5-19(17)21/h1-12,15,23-24,28,32H,13-14H2,(H,30,33)/t23-,24+/m1/s1. The maximum atomic E-state index is 13.7. The number of hydrogen-bond acceptors (Lipinski definition) is 4. The van der Waals surface area contributed by atoms with Crippen LogP contribution in [0.3, 0.4) is 0 Å². The fraction of sp³-hybridized carbons (Fsp3) is 0.148. The third-order valence-corrected chi connectivity index (χ3v) is 6.54. The minimum Gasteiger partial charge on any atom is -0.508 e. The van der Waals surface area contributed by atoms with Crippen LogP contribution in [0.25, 0.3) is 21.8 Å². The minimum atomic E-state index is -0.713. The van der Waals surface area contributed by atoms with E-state index in [1.807, 2.05) is 60.8 Å². The normalized spacial score (nSPS) is 17.6. The van der Waals surface area contributed by atoms with E-state index in [0.717, 1.165) is 22.0 Å². The molecule has 2 atom stereocenters. The van der Waals surface area contributed by atoms with Crippen molar-refractivity contribution in [2.75, 3.05) is 0 Å². The number of rotatable bonds is 4. The number of aromatic nitrogens is 3. The summed E-state index contributed by atoms with van der Waals surface area (Å²) in [6, 6.07) is 20.8. The largest absolute Gasteiger partial charge is 0.508 e. The van der Waals surface area contributed by atoms with Crippen LogP contribution in [-0.4, -0.2) is 25.5 Å². The van der Waals surface area contributed by atoms with Gasteiger partial charge in [0.25, 0.3) is 5.56 Å². The number of hydrogen-bond donors (Lipinski definition) is 3. The number of aromatic amines is 1. The van der Waals surface area contributed by atoms with Crippen LogP contribution >= 0.6 is 0 Å². The van der Waals surface area contributed by atoms with Crippen molar-refractivity contribution in [2.24, 2.45) is 0 Å². The first-order valence-corrected chi connectivity index (χ1v) is 11.2. The van der Waals surface area contributed by atoms with Crippen LogP contribution in [0.2, 0.25) is 0 Å². The van der Waals surface area contributed by atoms with Crippen LogP contribution in [0, 0.1) is 0 Å². The van der Waals surface area contributed by atoms with Gasteiger partial charge < -0.3 is 15.4 Å². The number of para-hydroxylation sites is 2. The first-order chi connectivity index (χ1) is 16.6. The van der Waals surface area contributed by atoms with Crippen LogP contribution in [0.4, 0.5) is 0 Å². The van der Waals surface area contributed by atoms with Gasteiger partial charge in [0, 0.05) is 23.5 Å². The third-order valence-electron chi connectivity index (χ3n) is 6.54. The zero-order valence-electron chi connectivity index (χ0n) is 18.2. The number of phenolic OH excluding ortho intramolecular Hbond substituents is 1. The Hall–Kier alpha value is -4.39. The molecule has 5 aromatic rings. The molecule has 0 unspecified atom stereocenters. The van der Waals surface area contributed by atoms with Crippen molar-refractivity contribution >= 4 is 27.7 Å². The van der Waals surface area contributed by atoms with Crippen molar-refractivity contribution < 1.29 is 9.90 Å². The molecule has 0 saturated carbocycles. The van der Waals surface area contributed by atoms with Crippen LogP contribution in [0.5, 0.6) is 5.75 Å². The molecule has 7 nitrogen and oxygen atoms in total. The van der Waals surface area contributed by atoms with Gasteiger partial charge in [-0.2, -0.15) is 0 Å². The molecule has 3 N–H and O–H groups in total. The Balaban J connectivity index is 1.48. The minimum absolute atomic E-state index is 0.177. The number of nitrogens with zero attached hydrogens (tertiary/aromatic N) is 2. The fourth-order valence-corrected chi connectivity index (χ4v) is 4.86. The molecule has 3 aromatic carbocycles. The number of amides is 1. The fourth-order valence-electron chi connectivity index (χ4n) is 4.86. The van der Waals surface area contributed by atoms with Gasteiger partial charge in [-0.3, -0.25) is 14.2 Å². The second-order valence-corrected chi connectivity index (χ2v) is 8.67. The first-order valence-electron chi connectivity index (χ1n) is 11.2. The molecule has 1 aliphatic rings. The van der Waals surface area contributed by atoms with Gasteiger partial charge in [-0.05, 0) is 47.9 Å². The quantitative estimate of drug-likeness (QED) is 0.388. The van der Waals surface area contributed by atoms with Gasteiger partial charge in [0.15, 0.2) is 0 Å². The summed E-state index contributed by atoms with van der Waals surface area (Å²) < 4.78 is 1.58. The van der Waals surface area contributed by atoms with Crippen molar-refractivity contribution in [3.63, 3.8) is 0 Å². The second-order valence-electron chi connectivity index (χ2n) is 8.67. The van der Waals surface area contributed by atoms with E-state index in [2.05, 4.69) is 10.3 Å². The highest BCUT2D eigenvalue weighted by molar-refractivity contribution is 5.87. The maximum absolute atomic E-state index is 13.7. The number of carbonyl (C=O) groups is 1. The van der Waals surface area contributed by atoms with Crippen LogP contribution < -0.4 is 10.9 Å². The molecule has 0 aliphatic carbocycles. The molecule has 7 heteroatoms. The molecule has 168 valence electrons. The molecule has 1 aliphatic heterocycles. The van der Waals surface area contributed by atoms with Gasteiger partial charge in [0.2, 0.25) is 5.91 Å². The Labute approximate surface area is 194 Å². The summed E-state index contributed by atoms with van der Waals surface area (Å²) in [6.07, 6.45) is 2.73. The Bertz CT molecular complexity index is 1600. The van der Waals surface area contributed by atoms with Crippen molar-refractivity contribution in [2.45, 2.75) is 24.9 Å². The van der Waals surface area contributed by atoms with Gasteiger partial charge in [0.05, 0.1) is 16.9 Å². The lowest BCUT2D eigenvalue weighted by atomic mass is 9.97. The molecule has 3 heterocycles. The topological polar surface area (TPSA) is 100 Å². The summed E-state index contributed by atoms with van der Waals surface area (Å²) in [5, 5.41) is 14.2. The first kappa shape index (κ1) is 20.2. The lowest BCUT2D eigenvalue weighted by Gasteiger charge is -2.33. The van der Waals surface area contributed by atoms with Gasteiger partial charge in [0.1, 0.15) is 17.6 Å². The van der Waals surface area contributed by atoms with Crippen molar-refractivity contribution in [1.82, 2.24) is 19.9 Å². The van der Waals surface area contributed by atoms with E-state index in [-0.39, 0.29) is 17.2 Å². The molecule has 1 amide bonds. The van der Waals surface area contributed by atoms with E-state index in [0.29, 0.717) is 29.6 Å². The molecule has 0 bridgehead atoms. The number of carbonyl (C=O) groups excluding carboxylic acids is 1. The summed E-state index contributed by atoms with van der Waals surface area (Å²) in [5.41, 5.74) is 3.28. The van der Waals surface area contributed by atoms with Crippen molar-refractivity contribution in [3.8, 4) is 5.75 Å². The van der Waals surface area contributed by atoms with Crippen molar-refractivity contribution in [1.29, 1.82) is 0 Å². The van der Waals surface area contributed by atoms with Crippen LogP contribution in [0.15, 0.2) is 83.8 Å². The Morgan fingerprint density at radius 2 is 1.62 bits per heavy atom. The number of phenols is 1. The highest BCUT2D eigenvalue weighted by Gasteiger charge is 2.36. The highest BCUT2D eigenvalue weighted by atomic mass is 16.3. The number of nitrogens with one attached hydrogen (secondary N) is 2. The summed E-state index contributed by atoms with van der Waals surface area (Å²) in [5.74, 6) is 0.512. The predicted octanol–water partition coefficient (Wildman–Crippen LogP) is 3.78. The van der Waals surface area contributed by atoms with E-state index >= 15 is 0 Å². The summed E-state index contributed by atoms with van der Waals surface area (Å²) in [4.78, 5) is 35.2. The van der Waals surface area contributed by atoms with E-state index in [9.17, 15) is 14.7 Å². The second kappa shape index (κ2) is 7.88. The van der Waals surface area contributed by atoms with E-state index < -0.39 is 12.1 Å². The molecule has 6 rings (SSSR count). The van der Waals surface area contributed by atoms with Gasteiger partial charge in [-0.25, -0.2) is 4.98 Å². The average molecular weight is 450 g/mol. The summed E-state index contributed by atoms with van der Waals surface area (Å²) >= 11 is 0. The third kappa shape index (κ3) is 3.33. The maximum Gasteiger partial charge on any atom is 0.262 e. The zero-order valence-corrected chi connectivity index (χ0v) is 18.2. The summed E-state index contributed by atoms with van der Waals surface area (Å²) in [6.45, 7) is 0. The van der Waals surface area contributed by atoms with Gasteiger partial charge in [-0.15, -0.1) is 0 Å². The molecule has 0 radical (unpaired) electrons. The van der Waals surface area contributed by atoms with E-state index in [1.165, 1.54) is 0 Å². The number of H-pyrrole nitrogens is 1. The average Bonchev–Trinajstić information content (AvgIpc) is 3.26. The lowest BCUT2D eigenvalue weighted by molar-refractivity contribution is -0.126. The van der Waals surface area contributed by atoms with Crippen LogP contribution in [0.1, 0.15) is 29.0 Å². The van der Waals surface area contributed by atoms with Crippen molar-refractivity contribution in [3.05, 3.63) is 106 Å². The smallest absolute Gasteiger partial charge is 0.262 e. The van der Waals surface area contributed by atoms with Gasteiger partial charge in [-0.1, -0.05) is 42.5 Å². The lowest BCUT2D eigenvalue weighted by Crippen LogP contribution is -2.49. The highest BCUT2D eigenvalue weighted by Crippen LogP contribution is 2.30. The Morgan fingerprint density at radius 3 is 2.44 bits per heavy atom.